The first-order valence-corrected chi connectivity index (χ1v) is 5.75. The molecule has 1 saturated heterocycles. The second kappa shape index (κ2) is 5.99. The normalized spacial score (nSPS) is 21.7. The van der Waals surface area contributed by atoms with Crippen LogP contribution in [0.25, 0.3) is 0 Å². The number of nitro groups is 1. The molecule has 1 aliphatic rings. The predicted octanol–water partition coefficient (Wildman–Crippen LogP) is 1.77. The number of halogens is 1. The standard InChI is InChI=1S/C12H14N2O4.ClH/c15-11(16)12(6-1-7-13-12)8-9-2-4-10(5-3-9)14(17)18;/h2-5,13H,1,6-8H2,(H,15,16);1H/t12-;/m1./s1. The van der Waals surface area contributed by atoms with Crippen LogP contribution in [0.5, 0.6) is 0 Å². The molecule has 0 bridgehead atoms. The van der Waals surface area contributed by atoms with E-state index in [0.717, 1.165) is 12.0 Å². The highest BCUT2D eigenvalue weighted by Crippen LogP contribution is 2.25. The fourth-order valence-corrected chi connectivity index (χ4v) is 2.30. The largest absolute Gasteiger partial charge is 0.480 e. The van der Waals surface area contributed by atoms with Gasteiger partial charge in [0.2, 0.25) is 0 Å². The van der Waals surface area contributed by atoms with E-state index in [1.165, 1.54) is 12.1 Å². The monoisotopic (exact) mass is 286 g/mol. The molecule has 104 valence electrons. The Morgan fingerprint density at radius 2 is 2.05 bits per heavy atom. The molecule has 1 aromatic rings. The topological polar surface area (TPSA) is 92.5 Å². The highest BCUT2D eigenvalue weighted by molar-refractivity contribution is 5.85. The molecular formula is C12H15ClN2O4. The summed E-state index contributed by atoms with van der Waals surface area (Å²) in [5.74, 6) is -0.863. The zero-order chi connectivity index (χ0) is 13.2. The summed E-state index contributed by atoms with van der Waals surface area (Å²) in [7, 11) is 0. The van der Waals surface area contributed by atoms with Gasteiger partial charge >= 0.3 is 5.97 Å². The third-order valence-corrected chi connectivity index (χ3v) is 3.31. The molecule has 0 unspecified atom stereocenters. The van der Waals surface area contributed by atoms with Gasteiger partial charge < -0.3 is 10.4 Å². The lowest BCUT2D eigenvalue weighted by atomic mass is 9.89. The Morgan fingerprint density at radius 1 is 1.42 bits per heavy atom. The molecule has 6 nitrogen and oxygen atoms in total. The van der Waals surface area contributed by atoms with Crippen molar-refractivity contribution in [1.29, 1.82) is 0 Å². The molecule has 0 spiro atoms. The van der Waals surface area contributed by atoms with Crippen LogP contribution < -0.4 is 5.32 Å². The second-order valence-electron chi connectivity index (χ2n) is 4.52. The molecule has 7 heteroatoms. The van der Waals surface area contributed by atoms with Crippen molar-refractivity contribution in [2.45, 2.75) is 24.8 Å². The van der Waals surface area contributed by atoms with Crippen molar-refractivity contribution in [3.8, 4) is 0 Å². The summed E-state index contributed by atoms with van der Waals surface area (Å²) in [6.45, 7) is 0.694. The lowest BCUT2D eigenvalue weighted by molar-refractivity contribution is -0.384. The summed E-state index contributed by atoms with van der Waals surface area (Å²) in [5, 5.41) is 22.8. The maximum Gasteiger partial charge on any atom is 0.324 e. The first kappa shape index (κ1) is 15.4. The average molecular weight is 287 g/mol. The van der Waals surface area contributed by atoms with E-state index < -0.39 is 16.4 Å². The zero-order valence-electron chi connectivity index (χ0n) is 10.2. The summed E-state index contributed by atoms with van der Waals surface area (Å²) in [5.41, 5.74) is -0.115. The smallest absolute Gasteiger partial charge is 0.324 e. The van der Waals surface area contributed by atoms with E-state index in [2.05, 4.69) is 5.32 Å². The van der Waals surface area contributed by atoms with E-state index in [1.54, 1.807) is 12.1 Å². The minimum Gasteiger partial charge on any atom is -0.480 e. The number of benzene rings is 1. The van der Waals surface area contributed by atoms with Gasteiger partial charge in [0.15, 0.2) is 0 Å². The van der Waals surface area contributed by atoms with Gasteiger partial charge in [-0.05, 0) is 24.9 Å². The first-order chi connectivity index (χ1) is 8.53. The van der Waals surface area contributed by atoms with Crippen molar-refractivity contribution in [3.63, 3.8) is 0 Å². The van der Waals surface area contributed by atoms with Crippen molar-refractivity contribution >= 4 is 24.1 Å². The quantitative estimate of drug-likeness (QED) is 0.650. The van der Waals surface area contributed by atoms with Crippen molar-refractivity contribution in [1.82, 2.24) is 5.32 Å². The van der Waals surface area contributed by atoms with Crippen LogP contribution in [0.3, 0.4) is 0 Å². The van der Waals surface area contributed by atoms with Gasteiger partial charge in [-0.15, -0.1) is 12.4 Å². The molecule has 0 radical (unpaired) electrons. The summed E-state index contributed by atoms with van der Waals surface area (Å²) < 4.78 is 0. The maximum absolute atomic E-state index is 11.3. The number of nitrogens with zero attached hydrogens (tertiary/aromatic N) is 1. The van der Waals surface area contributed by atoms with Crippen molar-refractivity contribution in [2.75, 3.05) is 6.54 Å². The molecule has 1 atom stereocenters. The number of nitro benzene ring substituents is 1. The van der Waals surface area contributed by atoms with Gasteiger partial charge in [-0.2, -0.15) is 0 Å². The van der Waals surface area contributed by atoms with Gasteiger partial charge in [-0.25, -0.2) is 0 Å². The van der Waals surface area contributed by atoms with Gasteiger partial charge in [0, 0.05) is 18.6 Å². The van der Waals surface area contributed by atoms with Gasteiger partial charge in [-0.3, -0.25) is 14.9 Å². The van der Waals surface area contributed by atoms with Gasteiger partial charge in [0.25, 0.3) is 5.69 Å². The van der Waals surface area contributed by atoms with E-state index in [9.17, 15) is 20.0 Å². The summed E-state index contributed by atoms with van der Waals surface area (Å²) >= 11 is 0. The lowest BCUT2D eigenvalue weighted by Crippen LogP contribution is -2.49. The number of non-ortho nitro benzene ring substituents is 1. The van der Waals surface area contributed by atoms with Crippen LogP contribution in [-0.4, -0.2) is 28.1 Å². The van der Waals surface area contributed by atoms with Crippen LogP contribution in [0.4, 0.5) is 5.69 Å². The number of rotatable bonds is 4. The fraction of sp³-hybridized carbons (Fsp3) is 0.417. The molecule has 0 aromatic heterocycles. The Labute approximate surface area is 116 Å². The zero-order valence-corrected chi connectivity index (χ0v) is 11.0. The van der Waals surface area contributed by atoms with Crippen LogP contribution in [0.15, 0.2) is 24.3 Å². The average Bonchev–Trinajstić information content (AvgIpc) is 2.79. The number of carboxylic acids is 1. The maximum atomic E-state index is 11.3. The SMILES string of the molecule is Cl.O=C(O)[C@]1(Cc2ccc([N+](=O)[O-])cc2)CCCN1. The fourth-order valence-electron chi connectivity index (χ4n) is 2.30. The Bertz CT molecular complexity index is 469. The van der Waals surface area contributed by atoms with Crippen LogP contribution in [0.1, 0.15) is 18.4 Å². The number of nitrogens with one attached hydrogen (secondary N) is 1. The second-order valence-corrected chi connectivity index (χ2v) is 4.52. The highest BCUT2D eigenvalue weighted by atomic mass is 35.5. The number of carbonyl (C=O) groups is 1. The summed E-state index contributed by atoms with van der Waals surface area (Å²) in [6, 6.07) is 6.03. The van der Waals surface area contributed by atoms with Crippen LogP contribution in [0.2, 0.25) is 0 Å². The molecule has 2 rings (SSSR count). The van der Waals surface area contributed by atoms with E-state index in [4.69, 9.17) is 0 Å². The Hall–Kier alpha value is -1.66. The number of hydrogen-bond acceptors (Lipinski definition) is 4. The van der Waals surface area contributed by atoms with E-state index in [0.29, 0.717) is 19.4 Å². The van der Waals surface area contributed by atoms with Crippen molar-refractivity contribution in [3.05, 3.63) is 39.9 Å². The predicted molar refractivity (Wildman–Crippen MR) is 71.7 cm³/mol. The van der Waals surface area contributed by atoms with Crippen LogP contribution >= 0.6 is 12.4 Å². The van der Waals surface area contributed by atoms with E-state index in [1.807, 2.05) is 0 Å². The summed E-state index contributed by atoms with van der Waals surface area (Å²) in [4.78, 5) is 21.4. The number of aliphatic carboxylic acids is 1. The molecule has 0 aliphatic carbocycles. The minimum absolute atomic E-state index is 0. The van der Waals surface area contributed by atoms with Crippen LogP contribution in [0, 0.1) is 10.1 Å². The van der Waals surface area contributed by atoms with Gasteiger partial charge in [-0.1, -0.05) is 12.1 Å². The summed E-state index contributed by atoms with van der Waals surface area (Å²) in [6.07, 6.45) is 1.76. The minimum atomic E-state index is -0.921. The van der Waals surface area contributed by atoms with Crippen LogP contribution in [-0.2, 0) is 11.2 Å². The van der Waals surface area contributed by atoms with E-state index in [-0.39, 0.29) is 18.1 Å². The number of hydrogen-bond donors (Lipinski definition) is 2. The Morgan fingerprint density at radius 3 is 2.47 bits per heavy atom. The Kier molecular flexibility index (Phi) is 4.85. The highest BCUT2D eigenvalue weighted by Gasteiger charge is 2.40. The van der Waals surface area contributed by atoms with Crippen molar-refractivity contribution < 1.29 is 14.8 Å². The van der Waals surface area contributed by atoms with Crippen molar-refractivity contribution in [2.24, 2.45) is 0 Å². The molecule has 1 heterocycles. The molecule has 2 N–H and O–H groups in total. The Balaban J connectivity index is 0.00000180. The third kappa shape index (κ3) is 3.21. The third-order valence-electron chi connectivity index (χ3n) is 3.31. The molecular weight excluding hydrogens is 272 g/mol. The molecule has 0 saturated carbocycles. The van der Waals surface area contributed by atoms with Gasteiger partial charge in [0.05, 0.1) is 4.92 Å². The van der Waals surface area contributed by atoms with E-state index >= 15 is 0 Å². The molecule has 0 amide bonds. The molecule has 1 aromatic carbocycles. The van der Waals surface area contributed by atoms with Gasteiger partial charge in [0.1, 0.15) is 5.54 Å². The molecule has 1 aliphatic heterocycles. The molecule has 1 fully saturated rings. The number of carboxylic acid groups (broad SMARTS) is 1. The first-order valence-electron chi connectivity index (χ1n) is 5.75. The lowest BCUT2D eigenvalue weighted by Gasteiger charge is -2.24. The molecule has 19 heavy (non-hydrogen) atoms.